The standard InChI is InChI=1S/C29H25BF2N4O6/c1-14-9-16(3)35-26(14)25(27-15(2)10-17(4)36(27)30(35,31)32)19-8-7-18(33-23(37)12-21(41-5)28(33)39)11-20(19)34-24(38)13-22(42-6)29(34)40/h7-13H,1-6H3. The number of allylic oxidation sites excluding steroid dienone is 2. The molecule has 6 rings (SSSR count). The number of fused-ring (bicyclic) bond motifs is 2. The summed E-state index contributed by atoms with van der Waals surface area (Å²) >= 11 is 0. The van der Waals surface area contributed by atoms with Crippen LogP contribution >= 0.6 is 0 Å². The van der Waals surface area contributed by atoms with E-state index in [1.165, 1.54) is 32.4 Å². The van der Waals surface area contributed by atoms with Gasteiger partial charge in [0.15, 0.2) is 17.2 Å². The van der Waals surface area contributed by atoms with Crippen LogP contribution in [0.2, 0.25) is 0 Å². The molecule has 0 aliphatic carbocycles. The topological polar surface area (TPSA) is 101 Å². The van der Waals surface area contributed by atoms with Crippen LogP contribution in [0.5, 0.6) is 0 Å². The van der Waals surface area contributed by atoms with Gasteiger partial charge in [-0.05, 0) is 56.3 Å². The van der Waals surface area contributed by atoms with Crippen LogP contribution in [0.15, 0.2) is 65.3 Å². The number of amides is 4. The summed E-state index contributed by atoms with van der Waals surface area (Å²) < 4.78 is 44.5. The zero-order valence-electron chi connectivity index (χ0n) is 23.6. The van der Waals surface area contributed by atoms with E-state index in [0.717, 1.165) is 30.9 Å². The highest BCUT2D eigenvalue weighted by atomic mass is 19.2. The first-order valence-electron chi connectivity index (χ1n) is 13.0. The molecule has 0 saturated carbocycles. The molecule has 0 fully saturated rings. The number of methoxy groups -OCH3 is 2. The van der Waals surface area contributed by atoms with E-state index in [0.29, 0.717) is 28.1 Å². The molecular weight excluding hydrogens is 549 g/mol. The largest absolute Gasteiger partial charge is 0.737 e. The highest BCUT2D eigenvalue weighted by molar-refractivity contribution is 6.58. The molecule has 0 bridgehead atoms. The van der Waals surface area contributed by atoms with E-state index < -0.39 is 30.6 Å². The zero-order valence-corrected chi connectivity index (χ0v) is 23.6. The number of anilines is 2. The molecule has 1 aromatic carbocycles. The lowest BCUT2D eigenvalue weighted by atomic mass is 9.83. The first kappa shape index (κ1) is 27.1. The molecule has 5 heterocycles. The molecule has 0 atom stereocenters. The molecule has 0 unspecified atom stereocenters. The van der Waals surface area contributed by atoms with E-state index in [1.807, 2.05) is 0 Å². The lowest BCUT2D eigenvalue weighted by Gasteiger charge is -2.35. The lowest BCUT2D eigenvalue weighted by Crippen LogP contribution is -2.51. The Labute approximate surface area is 239 Å². The van der Waals surface area contributed by atoms with E-state index in [4.69, 9.17) is 9.47 Å². The van der Waals surface area contributed by atoms with Crippen molar-refractivity contribution in [2.75, 3.05) is 24.0 Å². The van der Waals surface area contributed by atoms with Crippen LogP contribution in [0, 0.1) is 13.8 Å². The number of nitrogens with zero attached hydrogens (tertiary/aromatic N) is 4. The summed E-state index contributed by atoms with van der Waals surface area (Å²) in [5.74, 6) is -3.33. The lowest BCUT2D eigenvalue weighted by molar-refractivity contribution is -0.363. The van der Waals surface area contributed by atoms with Crippen molar-refractivity contribution in [2.24, 2.45) is 0 Å². The van der Waals surface area contributed by atoms with Gasteiger partial charge in [0.25, 0.3) is 11.8 Å². The van der Waals surface area contributed by atoms with E-state index >= 15 is 8.63 Å². The summed E-state index contributed by atoms with van der Waals surface area (Å²) in [6.45, 7) is 2.35. The van der Waals surface area contributed by atoms with Crippen molar-refractivity contribution < 1.29 is 41.8 Å². The number of carbonyl (C=O) groups excluding carboxylic acids is 4. The minimum absolute atomic E-state index is 0.0143. The van der Waals surface area contributed by atoms with E-state index in [1.54, 1.807) is 39.8 Å². The van der Waals surface area contributed by atoms with E-state index in [2.05, 4.69) is 0 Å². The third-order valence-corrected chi connectivity index (χ3v) is 7.90. The molecule has 4 aliphatic rings. The van der Waals surface area contributed by atoms with E-state index in [-0.39, 0.29) is 39.8 Å². The monoisotopic (exact) mass is 574 g/mol. The number of ether oxygens (including phenoxy) is 2. The number of halogens is 2. The molecule has 0 radical (unpaired) electrons. The summed E-state index contributed by atoms with van der Waals surface area (Å²) in [7, 11) is 2.50. The van der Waals surface area contributed by atoms with Gasteiger partial charge in [0, 0.05) is 29.8 Å². The Hall–Kier alpha value is -5.07. The maximum absolute atomic E-state index is 16.2. The predicted molar refractivity (Wildman–Crippen MR) is 150 cm³/mol. The maximum Gasteiger partial charge on any atom is 0.737 e. The Morgan fingerprint density at radius 3 is 2.00 bits per heavy atom. The molecule has 42 heavy (non-hydrogen) atoms. The van der Waals surface area contributed by atoms with Crippen molar-refractivity contribution >= 4 is 53.3 Å². The molecular formula is C29H25BF2N4O6. The highest BCUT2D eigenvalue weighted by Crippen LogP contribution is 2.47. The van der Waals surface area contributed by atoms with Crippen LogP contribution in [0.25, 0.3) is 5.57 Å². The number of rotatable bonds is 5. The Kier molecular flexibility index (Phi) is 5.79. The SMILES string of the molecule is COC1=CC(=O)N(c2ccc(C3=C4C(C)=CC(C)=[N+]4[B-](F)(F)n4c(C)cc(C)c43)c(N3C(=O)C=C(OC)C3=O)c2)C1=O. The fourth-order valence-electron chi connectivity index (χ4n) is 6.27. The van der Waals surface area contributed by atoms with Gasteiger partial charge in [-0.2, -0.15) is 0 Å². The van der Waals surface area contributed by atoms with Crippen LogP contribution in [-0.4, -0.2) is 59.5 Å². The maximum atomic E-state index is 16.2. The molecule has 4 aliphatic heterocycles. The van der Waals surface area contributed by atoms with Gasteiger partial charge in [-0.1, -0.05) is 0 Å². The minimum atomic E-state index is -4.28. The van der Waals surface area contributed by atoms with Crippen LogP contribution in [0.4, 0.5) is 20.0 Å². The van der Waals surface area contributed by atoms with Crippen molar-refractivity contribution in [1.82, 2.24) is 4.48 Å². The zero-order chi connectivity index (χ0) is 30.4. The molecule has 1 aromatic heterocycles. The van der Waals surface area contributed by atoms with Gasteiger partial charge in [0.05, 0.1) is 43.3 Å². The summed E-state index contributed by atoms with van der Waals surface area (Å²) in [6.07, 6.45) is 3.71. The van der Waals surface area contributed by atoms with Gasteiger partial charge in [-0.3, -0.25) is 19.2 Å². The molecule has 0 saturated heterocycles. The van der Waals surface area contributed by atoms with Gasteiger partial charge in [0.2, 0.25) is 0 Å². The van der Waals surface area contributed by atoms with Crippen molar-refractivity contribution in [3.63, 3.8) is 0 Å². The van der Waals surface area contributed by atoms with Gasteiger partial charge < -0.3 is 27.1 Å². The average Bonchev–Trinajstić information content (AvgIpc) is 3.60. The fourth-order valence-corrected chi connectivity index (χ4v) is 6.27. The Bertz CT molecular complexity index is 1860. The van der Waals surface area contributed by atoms with E-state index in [9.17, 15) is 19.2 Å². The summed E-state index contributed by atoms with van der Waals surface area (Å²) in [5, 5.41) is 0. The highest BCUT2D eigenvalue weighted by Gasteiger charge is 2.55. The number of aryl methyl sites for hydroxylation is 2. The smallest absolute Gasteiger partial charge is 0.491 e. The summed E-state index contributed by atoms with van der Waals surface area (Å²) in [5.41, 5.74) is 2.94. The van der Waals surface area contributed by atoms with Crippen molar-refractivity contribution in [2.45, 2.75) is 27.7 Å². The quantitative estimate of drug-likeness (QED) is 0.401. The fraction of sp³-hybridized carbons (Fsp3) is 0.207. The molecule has 2 aromatic rings. The van der Waals surface area contributed by atoms with Gasteiger partial charge in [-0.25, -0.2) is 9.80 Å². The predicted octanol–water partition coefficient (Wildman–Crippen LogP) is 3.34. The van der Waals surface area contributed by atoms with Crippen LogP contribution < -0.4 is 9.80 Å². The number of carbonyl (C=O) groups is 4. The number of aromatic nitrogens is 1. The second kappa shape index (κ2) is 8.97. The van der Waals surface area contributed by atoms with Gasteiger partial charge in [0.1, 0.15) is 5.71 Å². The third kappa shape index (κ3) is 3.45. The normalized spacial score (nSPS) is 19.5. The van der Waals surface area contributed by atoms with Crippen LogP contribution in [-0.2, 0) is 28.7 Å². The second-order valence-corrected chi connectivity index (χ2v) is 10.4. The summed E-state index contributed by atoms with van der Waals surface area (Å²) in [6, 6.07) is 5.99. The molecule has 10 nitrogen and oxygen atoms in total. The minimum Gasteiger partial charge on any atom is -0.491 e. The molecule has 0 spiro atoms. The Morgan fingerprint density at radius 1 is 0.810 bits per heavy atom. The Morgan fingerprint density at radius 2 is 1.40 bits per heavy atom. The van der Waals surface area contributed by atoms with Crippen molar-refractivity contribution in [3.05, 3.63) is 87.8 Å². The third-order valence-electron chi connectivity index (χ3n) is 7.90. The van der Waals surface area contributed by atoms with Crippen molar-refractivity contribution in [3.8, 4) is 0 Å². The van der Waals surface area contributed by atoms with Gasteiger partial charge >= 0.3 is 18.8 Å². The number of benzene rings is 1. The number of imide groups is 2. The molecule has 214 valence electrons. The average molecular weight is 574 g/mol. The second-order valence-electron chi connectivity index (χ2n) is 10.4. The number of hydrogen-bond acceptors (Lipinski definition) is 6. The van der Waals surface area contributed by atoms with Crippen LogP contribution in [0.3, 0.4) is 0 Å². The summed E-state index contributed by atoms with van der Waals surface area (Å²) in [4.78, 5) is 54.0. The first-order chi connectivity index (χ1) is 19.8. The van der Waals surface area contributed by atoms with Gasteiger partial charge in [-0.15, -0.1) is 0 Å². The van der Waals surface area contributed by atoms with Crippen LogP contribution in [0.1, 0.15) is 36.4 Å². The molecule has 13 heteroatoms. The molecule has 4 amide bonds. The Balaban J connectivity index is 1.68. The molecule has 0 N–H and O–H groups in total. The number of hydrogen-bond donors (Lipinski definition) is 0. The van der Waals surface area contributed by atoms with Crippen molar-refractivity contribution in [1.29, 1.82) is 0 Å². The first-order valence-corrected chi connectivity index (χ1v) is 13.0.